The fourth-order valence-corrected chi connectivity index (χ4v) is 1.20. The summed E-state index contributed by atoms with van der Waals surface area (Å²) in [5.74, 6) is 0.447. The lowest BCUT2D eigenvalue weighted by atomic mass is 10.0. The van der Waals surface area contributed by atoms with Gasteiger partial charge in [-0.1, -0.05) is 38.2 Å². The Bertz CT molecular complexity index is 256. The Kier molecular flexibility index (Phi) is 3.03. The fourth-order valence-electron chi connectivity index (χ4n) is 1.20. The molecular weight excluding hydrogens is 148 g/mol. The van der Waals surface area contributed by atoms with E-state index >= 15 is 0 Å². The summed E-state index contributed by atoms with van der Waals surface area (Å²) in [4.78, 5) is 11.2. The maximum atomic E-state index is 11.2. The monoisotopic (exact) mass is 162 g/mol. The van der Waals surface area contributed by atoms with Gasteiger partial charge in [-0.05, 0) is 12.5 Å². The molecule has 0 aromatic rings. The molecule has 1 nitrogen and oxygen atoms in total. The second-order valence-corrected chi connectivity index (χ2v) is 2.97. The number of rotatable bonds is 2. The van der Waals surface area contributed by atoms with Gasteiger partial charge in [0.25, 0.3) is 0 Å². The third-order valence-corrected chi connectivity index (χ3v) is 1.96. The molecule has 0 bridgehead atoms. The SMILES string of the molecule is CC/C=C/C=C1\C(=O)C=CC1C. The van der Waals surface area contributed by atoms with Gasteiger partial charge in [-0.25, -0.2) is 0 Å². The van der Waals surface area contributed by atoms with Crippen LogP contribution in [0.5, 0.6) is 0 Å². The van der Waals surface area contributed by atoms with E-state index in [4.69, 9.17) is 0 Å². The van der Waals surface area contributed by atoms with Crippen LogP contribution in [0.15, 0.2) is 36.0 Å². The highest BCUT2D eigenvalue weighted by molar-refractivity contribution is 6.07. The molecule has 0 heterocycles. The first-order valence-corrected chi connectivity index (χ1v) is 4.35. The van der Waals surface area contributed by atoms with Crippen LogP contribution in [0.25, 0.3) is 0 Å². The van der Waals surface area contributed by atoms with Crippen LogP contribution >= 0.6 is 0 Å². The van der Waals surface area contributed by atoms with Crippen LogP contribution in [-0.2, 0) is 4.79 Å². The van der Waals surface area contributed by atoms with E-state index in [0.29, 0.717) is 5.92 Å². The molecule has 0 aliphatic heterocycles. The first-order chi connectivity index (χ1) is 5.75. The molecule has 0 spiro atoms. The molecule has 0 saturated carbocycles. The van der Waals surface area contributed by atoms with Gasteiger partial charge in [0.1, 0.15) is 0 Å². The van der Waals surface area contributed by atoms with Crippen molar-refractivity contribution >= 4 is 5.78 Å². The molecule has 64 valence electrons. The zero-order valence-electron chi connectivity index (χ0n) is 7.58. The second kappa shape index (κ2) is 4.05. The highest BCUT2D eigenvalue weighted by Crippen LogP contribution is 2.20. The Morgan fingerprint density at radius 1 is 1.58 bits per heavy atom. The smallest absolute Gasteiger partial charge is 0.182 e. The predicted molar refractivity (Wildman–Crippen MR) is 50.8 cm³/mol. The Balaban J connectivity index is 2.69. The quantitative estimate of drug-likeness (QED) is 0.570. The first kappa shape index (κ1) is 8.98. The van der Waals surface area contributed by atoms with Gasteiger partial charge in [0.05, 0.1) is 0 Å². The van der Waals surface area contributed by atoms with Gasteiger partial charge < -0.3 is 0 Å². The Morgan fingerprint density at radius 3 is 2.83 bits per heavy atom. The van der Waals surface area contributed by atoms with Crippen LogP contribution in [0, 0.1) is 5.92 Å². The summed E-state index contributed by atoms with van der Waals surface area (Å²) in [6.45, 7) is 4.11. The first-order valence-electron chi connectivity index (χ1n) is 4.35. The average Bonchev–Trinajstić information content (AvgIpc) is 2.35. The van der Waals surface area contributed by atoms with Gasteiger partial charge in [-0.15, -0.1) is 0 Å². The Hall–Kier alpha value is -1.11. The van der Waals surface area contributed by atoms with Crippen molar-refractivity contribution in [1.29, 1.82) is 0 Å². The van der Waals surface area contributed by atoms with Gasteiger partial charge >= 0.3 is 0 Å². The lowest BCUT2D eigenvalue weighted by molar-refractivity contribution is -0.111. The van der Waals surface area contributed by atoms with Crippen LogP contribution in [0.3, 0.4) is 0 Å². The molecule has 1 aliphatic carbocycles. The summed E-state index contributed by atoms with van der Waals surface area (Å²) in [6, 6.07) is 0. The van der Waals surface area contributed by atoms with Gasteiger partial charge in [0.2, 0.25) is 0 Å². The zero-order chi connectivity index (χ0) is 8.97. The van der Waals surface area contributed by atoms with Crippen LogP contribution in [0.2, 0.25) is 0 Å². The maximum absolute atomic E-state index is 11.2. The predicted octanol–water partition coefficient (Wildman–Crippen LogP) is 2.65. The molecule has 1 unspecified atom stereocenters. The number of hydrogen-bond acceptors (Lipinski definition) is 1. The lowest BCUT2D eigenvalue weighted by Crippen LogP contribution is -1.97. The van der Waals surface area contributed by atoms with E-state index in [2.05, 4.69) is 6.92 Å². The number of ketones is 1. The molecule has 0 saturated heterocycles. The van der Waals surface area contributed by atoms with Crippen molar-refractivity contribution in [2.45, 2.75) is 20.3 Å². The number of allylic oxidation sites excluding steroid dienone is 6. The molecule has 1 rings (SSSR count). The summed E-state index contributed by atoms with van der Waals surface area (Å²) < 4.78 is 0. The molecule has 1 heteroatoms. The van der Waals surface area contributed by atoms with Crippen molar-refractivity contribution < 1.29 is 4.79 Å². The van der Waals surface area contributed by atoms with Crippen LogP contribution in [-0.4, -0.2) is 5.78 Å². The van der Waals surface area contributed by atoms with Gasteiger partial charge in [-0.3, -0.25) is 4.79 Å². The number of hydrogen-bond donors (Lipinski definition) is 0. The number of carbonyl (C=O) groups is 1. The maximum Gasteiger partial charge on any atom is 0.182 e. The van der Waals surface area contributed by atoms with Gasteiger partial charge in [0.15, 0.2) is 5.78 Å². The highest BCUT2D eigenvalue weighted by Gasteiger charge is 2.17. The van der Waals surface area contributed by atoms with E-state index in [-0.39, 0.29) is 5.78 Å². The Morgan fingerprint density at radius 2 is 2.33 bits per heavy atom. The molecule has 1 atom stereocenters. The molecular formula is C11H14O. The lowest BCUT2D eigenvalue weighted by Gasteiger charge is -1.99. The van der Waals surface area contributed by atoms with E-state index in [1.807, 2.05) is 31.2 Å². The third kappa shape index (κ3) is 1.94. The van der Waals surface area contributed by atoms with Crippen LogP contribution in [0.1, 0.15) is 20.3 Å². The van der Waals surface area contributed by atoms with E-state index in [0.717, 1.165) is 12.0 Å². The molecule has 0 amide bonds. The normalized spacial score (nSPS) is 26.3. The van der Waals surface area contributed by atoms with E-state index in [1.165, 1.54) is 0 Å². The molecule has 0 radical (unpaired) electrons. The molecule has 0 aromatic carbocycles. The minimum absolute atomic E-state index is 0.156. The summed E-state index contributed by atoms with van der Waals surface area (Å²) in [5.41, 5.74) is 0.903. The summed E-state index contributed by atoms with van der Waals surface area (Å²) in [5, 5.41) is 0. The van der Waals surface area contributed by atoms with E-state index < -0.39 is 0 Å². The van der Waals surface area contributed by atoms with Crippen LogP contribution < -0.4 is 0 Å². The average molecular weight is 162 g/mol. The molecule has 12 heavy (non-hydrogen) atoms. The van der Waals surface area contributed by atoms with Gasteiger partial charge in [-0.2, -0.15) is 0 Å². The third-order valence-electron chi connectivity index (χ3n) is 1.96. The van der Waals surface area contributed by atoms with E-state index in [9.17, 15) is 4.79 Å². The van der Waals surface area contributed by atoms with Crippen molar-refractivity contribution in [2.75, 3.05) is 0 Å². The van der Waals surface area contributed by atoms with Crippen molar-refractivity contribution in [2.24, 2.45) is 5.92 Å². The topological polar surface area (TPSA) is 17.1 Å². The molecule has 1 aliphatic rings. The summed E-state index contributed by atoms with van der Waals surface area (Å²) >= 11 is 0. The summed E-state index contributed by atoms with van der Waals surface area (Å²) in [7, 11) is 0. The second-order valence-electron chi connectivity index (χ2n) is 2.97. The van der Waals surface area contributed by atoms with Crippen molar-refractivity contribution in [3.05, 3.63) is 36.0 Å². The zero-order valence-corrected chi connectivity index (χ0v) is 7.58. The minimum Gasteiger partial charge on any atom is -0.290 e. The highest BCUT2D eigenvalue weighted by atomic mass is 16.1. The van der Waals surface area contributed by atoms with Crippen LogP contribution in [0.4, 0.5) is 0 Å². The standard InChI is InChI=1S/C11H14O/c1-3-4-5-6-10-9(2)7-8-11(10)12/h4-9H,3H2,1-2H3/b5-4+,10-6-. The summed E-state index contributed by atoms with van der Waals surface area (Å²) in [6.07, 6.45) is 10.5. The Labute approximate surface area is 73.5 Å². The number of carbonyl (C=O) groups excluding carboxylic acids is 1. The van der Waals surface area contributed by atoms with Crippen molar-refractivity contribution in [1.82, 2.24) is 0 Å². The van der Waals surface area contributed by atoms with Crippen molar-refractivity contribution in [3.8, 4) is 0 Å². The van der Waals surface area contributed by atoms with Gasteiger partial charge in [0, 0.05) is 11.5 Å². The molecule has 0 aromatic heterocycles. The molecule has 0 N–H and O–H groups in total. The van der Waals surface area contributed by atoms with E-state index in [1.54, 1.807) is 6.08 Å². The molecule has 0 fully saturated rings. The minimum atomic E-state index is 0.156. The largest absolute Gasteiger partial charge is 0.290 e. The van der Waals surface area contributed by atoms with Crippen molar-refractivity contribution in [3.63, 3.8) is 0 Å². The fraction of sp³-hybridized carbons (Fsp3) is 0.364.